The molecular formula is C3BiF9O9S3. The molecular weight excluding hydrogens is 656 g/mol. The summed E-state index contributed by atoms with van der Waals surface area (Å²) in [5, 5.41) is 0. The number of hydrogen-bond donors (Lipinski definition) is 0. The van der Waals surface area contributed by atoms with Crippen LogP contribution in [0.2, 0.25) is 0 Å². The van der Waals surface area contributed by atoms with Gasteiger partial charge < -0.3 is 13.7 Å². The number of halogens is 9. The predicted molar refractivity (Wildman–Crippen MR) is 53.0 cm³/mol. The second-order valence-corrected chi connectivity index (χ2v) is 6.81. The van der Waals surface area contributed by atoms with Crippen molar-refractivity contribution in [3.63, 3.8) is 0 Å². The molecule has 0 aromatic carbocycles. The van der Waals surface area contributed by atoms with Gasteiger partial charge in [0.05, 0.1) is 0 Å². The fourth-order valence-corrected chi connectivity index (χ4v) is 0. The van der Waals surface area contributed by atoms with E-state index in [1.807, 2.05) is 0 Å². The molecule has 0 aliphatic heterocycles. The second kappa shape index (κ2) is 9.78. The molecule has 0 bridgehead atoms. The number of rotatable bonds is 0. The zero-order valence-electron chi connectivity index (χ0n) is 10.2. The van der Waals surface area contributed by atoms with Gasteiger partial charge in [-0.05, 0) is 0 Å². The van der Waals surface area contributed by atoms with Gasteiger partial charge >= 0.3 is 42.7 Å². The van der Waals surface area contributed by atoms with Crippen molar-refractivity contribution >= 4 is 56.6 Å². The first kappa shape index (κ1) is 32.6. The van der Waals surface area contributed by atoms with Crippen LogP contribution in [0.5, 0.6) is 0 Å². The van der Waals surface area contributed by atoms with Gasteiger partial charge in [-0.25, -0.2) is 25.3 Å². The Kier molecular flexibility index (Phi) is 12.8. The van der Waals surface area contributed by atoms with E-state index in [0.717, 1.165) is 0 Å². The molecule has 0 amide bonds. The Labute approximate surface area is 151 Å². The molecule has 0 aromatic rings. The first-order chi connectivity index (χ1) is 9.75. The molecule has 0 saturated heterocycles. The van der Waals surface area contributed by atoms with Gasteiger partial charge in [0.25, 0.3) is 0 Å². The van der Waals surface area contributed by atoms with Crippen LogP contribution < -0.4 is 0 Å². The van der Waals surface area contributed by atoms with Crippen molar-refractivity contribution in [1.82, 2.24) is 0 Å². The van der Waals surface area contributed by atoms with E-state index < -0.39 is 46.9 Å². The van der Waals surface area contributed by atoms with E-state index in [4.69, 9.17) is 38.9 Å². The summed E-state index contributed by atoms with van der Waals surface area (Å²) in [5.41, 5.74) is -16.9. The van der Waals surface area contributed by atoms with Crippen LogP contribution in [-0.4, -0.2) is 81.6 Å². The molecule has 152 valence electrons. The van der Waals surface area contributed by atoms with Crippen molar-refractivity contribution in [3.05, 3.63) is 0 Å². The van der Waals surface area contributed by atoms with Crippen LogP contribution in [0.1, 0.15) is 0 Å². The fraction of sp³-hybridized carbons (Fsp3) is 1.00. The van der Waals surface area contributed by atoms with E-state index in [-0.39, 0.29) is 26.2 Å². The van der Waals surface area contributed by atoms with Gasteiger partial charge in [-0.1, -0.05) is 0 Å². The summed E-state index contributed by atoms with van der Waals surface area (Å²) in [6, 6.07) is 0. The zero-order chi connectivity index (χ0) is 21.0. The maximum atomic E-state index is 10.7. The van der Waals surface area contributed by atoms with Crippen LogP contribution in [0.3, 0.4) is 0 Å². The summed E-state index contributed by atoms with van der Waals surface area (Å²) in [6.07, 6.45) is 0. The number of hydrogen-bond acceptors (Lipinski definition) is 9. The van der Waals surface area contributed by atoms with Crippen LogP contribution in [0, 0.1) is 0 Å². The molecule has 0 rings (SSSR count). The summed E-state index contributed by atoms with van der Waals surface area (Å²) in [6.45, 7) is 0. The predicted octanol–water partition coefficient (Wildman–Crippen LogP) is -0.227. The van der Waals surface area contributed by atoms with E-state index in [0.29, 0.717) is 0 Å². The molecule has 0 aromatic heterocycles. The topological polar surface area (TPSA) is 172 Å². The van der Waals surface area contributed by atoms with Crippen molar-refractivity contribution in [3.8, 4) is 0 Å². The Balaban J connectivity index is -0.000000130. The zero-order valence-corrected chi connectivity index (χ0v) is 16.2. The molecule has 9 nitrogen and oxygen atoms in total. The van der Waals surface area contributed by atoms with Gasteiger partial charge in [0.1, 0.15) is 0 Å². The Morgan fingerprint density at radius 2 is 0.480 bits per heavy atom. The normalized spacial score (nSPS) is 13.4. The van der Waals surface area contributed by atoms with Crippen LogP contribution in [-0.2, 0) is 30.4 Å². The molecule has 2 radical (unpaired) electrons. The quantitative estimate of drug-likeness (QED) is 0.148. The molecule has 0 heterocycles. The molecule has 0 aliphatic rings. The molecule has 22 heteroatoms. The molecule has 0 saturated carbocycles. The van der Waals surface area contributed by atoms with Crippen molar-refractivity contribution in [2.75, 3.05) is 0 Å². The van der Waals surface area contributed by atoms with Gasteiger partial charge in [-0.2, -0.15) is 39.5 Å². The summed E-state index contributed by atoms with van der Waals surface area (Å²) < 4.78 is 177. The second-order valence-electron chi connectivity index (χ2n) is 2.70. The Hall–Kier alpha value is -0.0169. The fourth-order valence-electron chi connectivity index (χ4n) is 0. The van der Waals surface area contributed by atoms with E-state index in [1.54, 1.807) is 0 Å². The molecule has 0 fully saturated rings. The third-order valence-electron chi connectivity index (χ3n) is 0.850. The van der Waals surface area contributed by atoms with E-state index in [2.05, 4.69) is 0 Å². The molecule has 0 atom stereocenters. The smallest absolute Gasteiger partial charge is 0.741 e. The summed E-state index contributed by atoms with van der Waals surface area (Å²) >= 11 is 0. The Morgan fingerprint density at radius 1 is 0.440 bits per heavy atom. The first-order valence-electron chi connectivity index (χ1n) is 3.81. The summed E-state index contributed by atoms with van der Waals surface area (Å²) in [7, 11) is -18.3. The average Bonchev–Trinajstić information content (AvgIpc) is 2.08. The molecule has 0 spiro atoms. The third kappa shape index (κ3) is 15.9. The largest absolute Gasteiger partial charge is 3.00 e. The molecule has 25 heavy (non-hydrogen) atoms. The van der Waals surface area contributed by atoms with Crippen LogP contribution in [0.25, 0.3) is 0 Å². The average molecular weight is 656 g/mol. The van der Waals surface area contributed by atoms with Crippen molar-refractivity contribution < 1.29 is 78.4 Å². The van der Waals surface area contributed by atoms with Gasteiger partial charge in [-0.3, -0.25) is 0 Å². The summed E-state index contributed by atoms with van der Waals surface area (Å²) in [4.78, 5) is 0. The van der Waals surface area contributed by atoms with Gasteiger partial charge in [-0.15, -0.1) is 0 Å². The maximum Gasteiger partial charge on any atom is 3.00 e. The SMILES string of the molecule is O=S(=O)([O-])C(F)(F)F.O=S(=O)([O-])C(F)(F)F.O=S(=O)([O-])C(F)(F)F.[Bi+3]. The Morgan fingerprint density at radius 3 is 0.480 bits per heavy atom. The van der Waals surface area contributed by atoms with Crippen molar-refractivity contribution in [2.45, 2.75) is 16.5 Å². The van der Waals surface area contributed by atoms with Crippen LogP contribution in [0.4, 0.5) is 39.5 Å². The van der Waals surface area contributed by atoms with Crippen LogP contribution >= 0.6 is 0 Å². The summed E-state index contributed by atoms with van der Waals surface area (Å²) in [5.74, 6) is 0. The maximum absolute atomic E-state index is 10.7. The van der Waals surface area contributed by atoms with Crippen molar-refractivity contribution in [1.29, 1.82) is 0 Å². The monoisotopic (exact) mass is 656 g/mol. The number of alkyl halides is 9. The van der Waals surface area contributed by atoms with E-state index in [9.17, 15) is 39.5 Å². The van der Waals surface area contributed by atoms with Gasteiger partial charge in [0, 0.05) is 0 Å². The van der Waals surface area contributed by atoms with Crippen LogP contribution in [0.15, 0.2) is 0 Å². The third-order valence-corrected chi connectivity index (χ3v) is 2.55. The molecule has 0 unspecified atom stereocenters. The minimum absolute atomic E-state index is 0. The minimum atomic E-state index is -6.09. The Bertz CT molecular complexity index is 596. The van der Waals surface area contributed by atoms with Crippen molar-refractivity contribution in [2.24, 2.45) is 0 Å². The molecule has 0 N–H and O–H groups in total. The minimum Gasteiger partial charge on any atom is -0.741 e. The van der Waals surface area contributed by atoms with Gasteiger partial charge in [0.2, 0.25) is 0 Å². The standard InChI is InChI=1S/3CHF3O3S.Bi/c3*2-1(3,4)8(5,6)7;/h3*(H,5,6,7);/q;;;+3/p-3. The van der Waals surface area contributed by atoms with E-state index in [1.165, 1.54) is 0 Å². The van der Waals surface area contributed by atoms with E-state index >= 15 is 0 Å². The van der Waals surface area contributed by atoms with Gasteiger partial charge in [0.15, 0.2) is 30.4 Å². The molecule has 0 aliphatic carbocycles. The first-order valence-corrected chi connectivity index (χ1v) is 8.04.